The topological polar surface area (TPSA) is 59.2 Å². The Labute approximate surface area is 143 Å². The van der Waals surface area contributed by atoms with Gasteiger partial charge in [0.25, 0.3) is 5.89 Å². The summed E-state index contributed by atoms with van der Waals surface area (Å²) in [6.45, 7) is 2.68. The van der Waals surface area contributed by atoms with Crippen LogP contribution in [0.5, 0.6) is 0 Å². The number of rotatable bonds is 4. The number of hydrogen-bond acceptors (Lipinski definition) is 5. The van der Waals surface area contributed by atoms with E-state index >= 15 is 0 Å². The molecule has 4 rings (SSSR count). The van der Waals surface area contributed by atoms with Gasteiger partial charge < -0.3 is 9.42 Å². The van der Waals surface area contributed by atoms with Crippen molar-refractivity contribution in [1.82, 2.24) is 15.0 Å². The summed E-state index contributed by atoms with van der Waals surface area (Å²) in [6, 6.07) is 14.0. The maximum Gasteiger partial charge on any atom is 0.267 e. The van der Waals surface area contributed by atoms with Crippen LogP contribution in [0.15, 0.2) is 52.4 Å². The van der Waals surface area contributed by atoms with Crippen molar-refractivity contribution in [2.45, 2.75) is 25.3 Å². The monoisotopic (exact) mass is 339 g/mol. The molecule has 2 atom stereocenters. The number of amides is 1. The Hall–Kier alpha value is -2.47. The largest absolute Gasteiger partial charge is 0.335 e. The van der Waals surface area contributed by atoms with Crippen LogP contribution in [0.2, 0.25) is 0 Å². The predicted molar refractivity (Wildman–Crippen MR) is 91.5 cm³/mol. The molecule has 5 nitrogen and oxygen atoms in total. The molecule has 1 fully saturated rings. The molecule has 1 saturated heterocycles. The third-order valence-corrected chi connectivity index (χ3v) is 5.30. The molecule has 0 spiro atoms. The molecular formula is C18H17N3O2S. The zero-order valence-corrected chi connectivity index (χ0v) is 14.1. The minimum atomic E-state index is -0.0128. The highest BCUT2D eigenvalue weighted by Crippen LogP contribution is 2.34. The Balaban J connectivity index is 1.52. The van der Waals surface area contributed by atoms with Gasteiger partial charge in [0.2, 0.25) is 5.91 Å². The van der Waals surface area contributed by atoms with Crippen LogP contribution in [0.1, 0.15) is 36.7 Å². The molecule has 1 aliphatic rings. The van der Waals surface area contributed by atoms with E-state index in [1.54, 1.807) is 11.3 Å². The standard InChI is InChI=1S/C18H17N3O2S/c1-12(13-6-3-2-4-7-13)21-11-14(10-16(21)22)17-19-18(23-20-17)15-8-5-9-24-15/h2-9,12,14H,10-11H2,1H3. The maximum absolute atomic E-state index is 12.5. The summed E-state index contributed by atoms with van der Waals surface area (Å²) < 4.78 is 5.36. The lowest BCUT2D eigenvalue weighted by Gasteiger charge is -2.25. The van der Waals surface area contributed by atoms with Crippen LogP contribution in [0.25, 0.3) is 10.8 Å². The van der Waals surface area contributed by atoms with E-state index < -0.39 is 0 Å². The van der Waals surface area contributed by atoms with E-state index in [0.717, 1.165) is 10.4 Å². The molecule has 0 bridgehead atoms. The van der Waals surface area contributed by atoms with Crippen molar-refractivity contribution in [1.29, 1.82) is 0 Å². The van der Waals surface area contributed by atoms with E-state index in [9.17, 15) is 4.79 Å². The van der Waals surface area contributed by atoms with E-state index in [1.165, 1.54) is 0 Å². The Morgan fingerprint density at radius 2 is 2.08 bits per heavy atom. The highest BCUT2D eigenvalue weighted by atomic mass is 32.1. The molecule has 6 heteroatoms. The molecule has 122 valence electrons. The number of thiophene rings is 1. The van der Waals surface area contributed by atoms with Gasteiger partial charge in [-0.2, -0.15) is 4.98 Å². The average Bonchev–Trinajstić information content (AvgIpc) is 3.34. The first kappa shape index (κ1) is 15.1. The highest BCUT2D eigenvalue weighted by Gasteiger charge is 2.36. The summed E-state index contributed by atoms with van der Waals surface area (Å²) in [5.41, 5.74) is 1.14. The van der Waals surface area contributed by atoms with Gasteiger partial charge in [0, 0.05) is 18.9 Å². The first-order chi connectivity index (χ1) is 11.7. The van der Waals surface area contributed by atoms with Crippen molar-refractivity contribution < 1.29 is 9.32 Å². The third-order valence-electron chi connectivity index (χ3n) is 4.45. The van der Waals surface area contributed by atoms with Crippen LogP contribution < -0.4 is 0 Å². The van der Waals surface area contributed by atoms with E-state index in [0.29, 0.717) is 24.7 Å². The van der Waals surface area contributed by atoms with Gasteiger partial charge in [-0.25, -0.2) is 0 Å². The van der Waals surface area contributed by atoms with E-state index in [2.05, 4.69) is 29.2 Å². The van der Waals surface area contributed by atoms with E-state index in [1.807, 2.05) is 40.6 Å². The van der Waals surface area contributed by atoms with Crippen molar-refractivity contribution in [3.8, 4) is 10.8 Å². The fourth-order valence-corrected chi connectivity index (χ4v) is 3.74. The summed E-state index contributed by atoms with van der Waals surface area (Å²) in [5.74, 6) is 1.27. The Morgan fingerprint density at radius 3 is 2.83 bits per heavy atom. The van der Waals surface area contributed by atoms with Gasteiger partial charge in [0.1, 0.15) is 0 Å². The van der Waals surface area contributed by atoms with Crippen LogP contribution in [0, 0.1) is 0 Å². The number of hydrogen-bond donors (Lipinski definition) is 0. The normalized spacial score (nSPS) is 19.0. The second kappa shape index (κ2) is 6.20. The summed E-state index contributed by atoms with van der Waals surface area (Å²) in [5, 5.41) is 6.07. The summed E-state index contributed by atoms with van der Waals surface area (Å²) in [7, 11) is 0. The number of carbonyl (C=O) groups is 1. The fourth-order valence-electron chi connectivity index (χ4n) is 3.09. The molecule has 3 heterocycles. The molecule has 0 radical (unpaired) electrons. The fraction of sp³-hybridized carbons (Fsp3) is 0.278. The van der Waals surface area contributed by atoms with Gasteiger partial charge in [-0.1, -0.05) is 41.6 Å². The lowest BCUT2D eigenvalue weighted by atomic mass is 10.1. The van der Waals surface area contributed by atoms with Gasteiger partial charge in [0.05, 0.1) is 10.9 Å². The maximum atomic E-state index is 12.5. The lowest BCUT2D eigenvalue weighted by Crippen LogP contribution is -2.28. The van der Waals surface area contributed by atoms with Crippen LogP contribution in [0.3, 0.4) is 0 Å². The van der Waals surface area contributed by atoms with Crippen molar-refractivity contribution >= 4 is 17.2 Å². The molecule has 3 aromatic rings. The van der Waals surface area contributed by atoms with Gasteiger partial charge in [0.15, 0.2) is 5.82 Å². The lowest BCUT2D eigenvalue weighted by molar-refractivity contribution is -0.129. The Morgan fingerprint density at radius 1 is 1.25 bits per heavy atom. The summed E-state index contributed by atoms with van der Waals surface area (Å²) in [4.78, 5) is 19.8. The van der Waals surface area contributed by atoms with Crippen LogP contribution >= 0.6 is 11.3 Å². The average molecular weight is 339 g/mol. The SMILES string of the molecule is CC(c1ccccc1)N1CC(c2noc(-c3cccs3)n2)CC1=O. The molecule has 2 unspecified atom stereocenters. The van der Waals surface area contributed by atoms with Gasteiger partial charge in [-0.3, -0.25) is 4.79 Å². The highest BCUT2D eigenvalue weighted by molar-refractivity contribution is 7.13. The molecular weight excluding hydrogens is 322 g/mol. The number of likely N-dealkylation sites (tertiary alicyclic amines) is 1. The molecule has 0 saturated carbocycles. The molecule has 24 heavy (non-hydrogen) atoms. The second-order valence-electron chi connectivity index (χ2n) is 5.97. The summed E-state index contributed by atoms with van der Waals surface area (Å²) in [6.07, 6.45) is 0.431. The second-order valence-corrected chi connectivity index (χ2v) is 6.92. The van der Waals surface area contributed by atoms with E-state index in [-0.39, 0.29) is 17.9 Å². The van der Waals surface area contributed by atoms with Gasteiger partial charge >= 0.3 is 0 Å². The van der Waals surface area contributed by atoms with Crippen molar-refractivity contribution in [2.24, 2.45) is 0 Å². The zero-order valence-electron chi connectivity index (χ0n) is 13.3. The van der Waals surface area contributed by atoms with Crippen molar-refractivity contribution in [3.63, 3.8) is 0 Å². The molecule has 1 amide bonds. The molecule has 0 N–H and O–H groups in total. The van der Waals surface area contributed by atoms with Crippen LogP contribution in [-0.2, 0) is 4.79 Å². The van der Waals surface area contributed by atoms with E-state index in [4.69, 9.17) is 4.52 Å². The minimum Gasteiger partial charge on any atom is -0.335 e. The van der Waals surface area contributed by atoms with Crippen LogP contribution in [-0.4, -0.2) is 27.5 Å². The van der Waals surface area contributed by atoms with Gasteiger partial charge in [-0.05, 0) is 23.9 Å². The number of aromatic nitrogens is 2. The number of nitrogens with zero attached hydrogens (tertiary/aromatic N) is 3. The zero-order chi connectivity index (χ0) is 16.5. The molecule has 2 aromatic heterocycles. The number of carbonyl (C=O) groups excluding carboxylic acids is 1. The van der Waals surface area contributed by atoms with Crippen molar-refractivity contribution in [3.05, 3.63) is 59.2 Å². The summed E-state index contributed by atoms with van der Waals surface area (Å²) >= 11 is 1.56. The van der Waals surface area contributed by atoms with Gasteiger partial charge in [-0.15, -0.1) is 11.3 Å². The minimum absolute atomic E-state index is 0.0128. The Kier molecular flexibility index (Phi) is 3.90. The molecule has 0 aliphatic carbocycles. The predicted octanol–water partition coefficient (Wildman–Crippen LogP) is 3.88. The van der Waals surface area contributed by atoms with Crippen LogP contribution in [0.4, 0.5) is 0 Å². The van der Waals surface area contributed by atoms with Crippen molar-refractivity contribution in [2.75, 3.05) is 6.54 Å². The first-order valence-corrected chi connectivity index (χ1v) is 8.82. The number of benzene rings is 1. The first-order valence-electron chi connectivity index (χ1n) is 7.94. The Bertz CT molecular complexity index is 829. The third kappa shape index (κ3) is 2.73. The quantitative estimate of drug-likeness (QED) is 0.724. The molecule has 1 aliphatic heterocycles. The smallest absolute Gasteiger partial charge is 0.267 e. The molecule has 1 aromatic carbocycles.